The number of nitro groups is 1. The van der Waals surface area contributed by atoms with E-state index in [4.69, 9.17) is 5.26 Å². The largest absolute Gasteiger partial charge is 0.378 e. The van der Waals surface area contributed by atoms with Crippen molar-refractivity contribution in [1.82, 2.24) is 4.90 Å². The van der Waals surface area contributed by atoms with Crippen LogP contribution in [0.5, 0.6) is 0 Å². The lowest BCUT2D eigenvalue weighted by atomic mass is 10.0. The number of nitriles is 1. The molecule has 1 aromatic rings. The van der Waals surface area contributed by atoms with Crippen LogP contribution >= 0.6 is 0 Å². The number of rotatable bonds is 7. The third-order valence-corrected chi connectivity index (χ3v) is 3.32. The van der Waals surface area contributed by atoms with Crippen molar-refractivity contribution in [2.24, 2.45) is 5.92 Å². The molecule has 6 nitrogen and oxygen atoms in total. The first-order valence-electron chi connectivity index (χ1n) is 6.94. The van der Waals surface area contributed by atoms with Gasteiger partial charge in [-0.05, 0) is 38.6 Å². The van der Waals surface area contributed by atoms with E-state index in [1.54, 1.807) is 0 Å². The van der Waals surface area contributed by atoms with E-state index in [-0.39, 0.29) is 11.7 Å². The van der Waals surface area contributed by atoms with Gasteiger partial charge in [-0.25, -0.2) is 0 Å². The third-order valence-electron chi connectivity index (χ3n) is 3.32. The van der Waals surface area contributed by atoms with E-state index in [9.17, 15) is 10.1 Å². The summed E-state index contributed by atoms with van der Waals surface area (Å²) in [5.41, 5.74) is 0.805. The summed E-state index contributed by atoms with van der Waals surface area (Å²) in [6, 6.07) is 6.63. The van der Waals surface area contributed by atoms with Gasteiger partial charge in [0.15, 0.2) is 0 Å². The molecule has 0 bridgehead atoms. The second-order valence-electron chi connectivity index (χ2n) is 5.73. The standard InChI is InChI=1S/C15H22N4O2/c1-11(2)7-13(18(3)4)10-17-14-8-12(9-16)5-6-15(14)19(20)21/h5-6,8,11,13,17H,7,10H2,1-4H3. The minimum atomic E-state index is -0.434. The highest BCUT2D eigenvalue weighted by Gasteiger charge is 2.17. The lowest BCUT2D eigenvalue weighted by molar-refractivity contribution is -0.384. The van der Waals surface area contributed by atoms with Gasteiger partial charge in [0.2, 0.25) is 0 Å². The molecule has 0 aliphatic carbocycles. The monoisotopic (exact) mass is 290 g/mol. The molecule has 21 heavy (non-hydrogen) atoms. The predicted octanol–water partition coefficient (Wildman–Crippen LogP) is 2.85. The Morgan fingerprint density at radius 2 is 2.10 bits per heavy atom. The van der Waals surface area contributed by atoms with Crippen molar-refractivity contribution < 1.29 is 4.92 Å². The fraction of sp³-hybridized carbons (Fsp3) is 0.533. The van der Waals surface area contributed by atoms with Crippen LogP contribution in [0.2, 0.25) is 0 Å². The summed E-state index contributed by atoms with van der Waals surface area (Å²) in [6.07, 6.45) is 0.992. The fourth-order valence-corrected chi connectivity index (χ4v) is 2.16. The predicted molar refractivity (Wildman–Crippen MR) is 83.2 cm³/mol. The average molecular weight is 290 g/mol. The van der Waals surface area contributed by atoms with E-state index in [1.807, 2.05) is 20.2 Å². The number of nitrogens with zero attached hydrogens (tertiary/aromatic N) is 3. The highest BCUT2D eigenvalue weighted by atomic mass is 16.6. The summed E-state index contributed by atoms with van der Waals surface area (Å²) in [4.78, 5) is 12.7. The van der Waals surface area contributed by atoms with Crippen molar-refractivity contribution in [2.45, 2.75) is 26.3 Å². The number of nitrogens with one attached hydrogen (secondary N) is 1. The maximum Gasteiger partial charge on any atom is 0.292 e. The molecule has 0 spiro atoms. The quantitative estimate of drug-likeness (QED) is 0.616. The number of benzene rings is 1. The Hall–Kier alpha value is -2.13. The minimum Gasteiger partial charge on any atom is -0.378 e. The van der Waals surface area contributed by atoms with Crippen molar-refractivity contribution in [2.75, 3.05) is 26.0 Å². The zero-order valence-corrected chi connectivity index (χ0v) is 13.0. The Morgan fingerprint density at radius 1 is 1.43 bits per heavy atom. The van der Waals surface area contributed by atoms with E-state index in [0.29, 0.717) is 23.7 Å². The molecule has 0 aromatic heterocycles. The van der Waals surface area contributed by atoms with Crippen LogP contribution < -0.4 is 5.32 Å². The van der Waals surface area contributed by atoms with E-state index >= 15 is 0 Å². The molecule has 0 fully saturated rings. The fourth-order valence-electron chi connectivity index (χ4n) is 2.16. The lowest BCUT2D eigenvalue weighted by Crippen LogP contribution is -2.35. The Morgan fingerprint density at radius 3 is 2.57 bits per heavy atom. The number of anilines is 1. The number of hydrogen-bond donors (Lipinski definition) is 1. The molecular formula is C15H22N4O2. The van der Waals surface area contributed by atoms with Crippen molar-refractivity contribution in [3.63, 3.8) is 0 Å². The van der Waals surface area contributed by atoms with Crippen molar-refractivity contribution in [3.05, 3.63) is 33.9 Å². The molecule has 0 saturated carbocycles. The smallest absolute Gasteiger partial charge is 0.292 e. The van der Waals surface area contributed by atoms with Gasteiger partial charge in [-0.3, -0.25) is 10.1 Å². The topological polar surface area (TPSA) is 82.2 Å². The van der Waals surface area contributed by atoms with Crippen molar-refractivity contribution in [3.8, 4) is 6.07 Å². The minimum absolute atomic E-state index is 0.00365. The summed E-state index contributed by atoms with van der Waals surface area (Å²) in [6.45, 7) is 4.89. The number of hydrogen-bond acceptors (Lipinski definition) is 5. The molecule has 0 amide bonds. The number of nitro benzene ring substituents is 1. The molecule has 0 aliphatic heterocycles. The molecule has 0 radical (unpaired) electrons. The summed E-state index contributed by atoms with van der Waals surface area (Å²) in [5.74, 6) is 0.541. The van der Waals surface area contributed by atoms with Crippen LogP contribution in [0.15, 0.2) is 18.2 Å². The average Bonchev–Trinajstić information content (AvgIpc) is 2.42. The van der Waals surface area contributed by atoms with E-state index < -0.39 is 4.92 Å². The molecular weight excluding hydrogens is 268 g/mol. The molecule has 1 aromatic carbocycles. The summed E-state index contributed by atoms with van der Waals surface area (Å²) < 4.78 is 0. The van der Waals surface area contributed by atoms with Gasteiger partial charge < -0.3 is 10.2 Å². The van der Waals surface area contributed by atoms with Crippen LogP contribution in [-0.4, -0.2) is 36.5 Å². The van der Waals surface area contributed by atoms with E-state index in [2.05, 4.69) is 24.1 Å². The molecule has 6 heteroatoms. The second kappa shape index (κ2) is 7.60. The summed E-state index contributed by atoms with van der Waals surface area (Å²) in [7, 11) is 3.99. The van der Waals surface area contributed by atoms with Gasteiger partial charge in [0.05, 0.1) is 16.6 Å². The lowest BCUT2D eigenvalue weighted by Gasteiger charge is -2.26. The van der Waals surface area contributed by atoms with Gasteiger partial charge in [0.1, 0.15) is 5.69 Å². The van der Waals surface area contributed by atoms with Gasteiger partial charge in [-0.15, -0.1) is 0 Å². The zero-order chi connectivity index (χ0) is 16.0. The van der Waals surface area contributed by atoms with E-state index in [1.165, 1.54) is 18.2 Å². The second-order valence-corrected chi connectivity index (χ2v) is 5.73. The Kier molecular flexibility index (Phi) is 6.12. The zero-order valence-electron chi connectivity index (χ0n) is 13.0. The first-order valence-corrected chi connectivity index (χ1v) is 6.94. The van der Waals surface area contributed by atoms with Crippen LogP contribution in [0.25, 0.3) is 0 Å². The van der Waals surface area contributed by atoms with Crippen LogP contribution in [0.3, 0.4) is 0 Å². The maximum absolute atomic E-state index is 11.0. The molecule has 0 aliphatic rings. The van der Waals surface area contributed by atoms with Crippen LogP contribution in [0.4, 0.5) is 11.4 Å². The Labute approximate surface area is 125 Å². The summed E-state index contributed by atoms with van der Waals surface area (Å²) in [5, 5.41) is 23.1. The molecule has 0 heterocycles. The van der Waals surface area contributed by atoms with Gasteiger partial charge in [0.25, 0.3) is 5.69 Å². The first-order chi connectivity index (χ1) is 9.85. The van der Waals surface area contributed by atoms with Crippen molar-refractivity contribution in [1.29, 1.82) is 5.26 Å². The van der Waals surface area contributed by atoms with Crippen LogP contribution in [0.1, 0.15) is 25.8 Å². The molecule has 114 valence electrons. The molecule has 0 saturated heterocycles. The Bertz CT molecular complexity index is 535. The first kappa shape index (κ1) is 16.9. The van der Waals surface area contributed by atoms with Crippen molar-refractivity contribution >= 4 is 11.4 Å². The third kappa shape index (κ3) is 5.04. The van der Waals surface area contributed by atoms with Gasteiger partial charge in [0, 0.05) is 18.7 Å². The SMILES string of the molecule is CC(C)CC(CNc1cc(C#N)ccc1[N+](=O)[O-])N(C)C. The normalized spacial score (nSPS) is 12.2. The molecule has 1 atom stereocenters. The summed E-state index contributed by atoms with van der Waals surface area (Å²) >= 11 is 0. The molecule has 1 rings (SSSR count). The highest BCUT2D eigenvalue weighted by molar-refractivity contribution is 5.64. The van der Waals surface area contributed by atoms with Gasteiger partial charge in [-0.2, -0.15) is 5.26 Å². The Balaban J connectivity index is 2.90. The number of likely N-dealkylation sites (N-methyl/N-ethyl adjacent to an activating group) is 1. The molecule has 1 N–H and O–H groups in total. The van der Waals surface area contributed by atoms with Crippen LogP contribution in [0, 0.1) is 27.4 Å². The molecule has 1 unspecified atom stereocenters. The van der Waals surface area contributed by atoms with E-state index in [0.717, 1.165) is 6.42 Å². The van der Waals surface area contributed by atoms with Crippen LogP contribution in [-0.2, 0) is 0 Å². The van der Waals surface area contributed by atoms with Gasteiger partial charge >= 0.3 is 0 Å². The highest BCUT2D eigenvalue weighted by Crippen LogP contribution is 2.25. The maximum atomic E-state index is 11.0. The van der Waals surface area contributed by atoms with Gasteiger partial charge in [-0.1, -0.05) is 13.8 Å².